The summed E-state index contributed by atoms with van der Waals surface area (Å²) in [5.41, 5.74) is -3.11. The third-order valence-electron chi connectivity index (χ3n) is 3.20. The topological polar surface area (TPSA) is 122 Å². The summed E-state index contributed by atoms with van der Waals surface area (Å²) in [5, 5.41) is 18.8. The number of carbonyl (C=O) groups is 1. The fourth-order valence-corrected chi connectivity index (χ4v) is 2.20. The number of nitrogens with zero attached hydrogens (tertiary/aromatic N) is 1. The molecule has 0 unspecified atom stereocenters. The van der Waals surface area contributed by atoms with Crippen LogP contribution in [0.15, 0.2) is 21.9 Å². The number of hydrogen-bond donors (Lipinski definition) is 3. The Labute approximate surface area is 107 Å². The van der Waals surface area contributed by atoms with Gasteiger partial charge in [0.1, 0.15) is 6.10 Å². The highest BCUT2D eigenvalue weighted by atomic mass is 16.6. The molecule has 19 heavy (non-hydrogen) atoms. The van der Waals surface area contributed by atoms with E-state index < -0.39 is 41.6 Å². The molecule has 3 N–H and O–H groups in total. The van der Waals surface area contributed by atoms with Crippen LogP contribution in [0.4, 0.5) is 0 Å². The van der Waals surface area contributed by atoms with Crippen LogP contribution in [0.1, 0.15) is 13.3 Å². The van der Waals surface area contributed by atoms with E-state index in [0.29, 0.717) is 0 Å². The summed E-state index contributed by atoms with van der Waals surface area (Å²) in [7, 11) is 0. The predicted molar refractivity (Wildman–Crippen MR) is 62.6 cm³/mol. The lowest BCUT2D eigenvalue weighted by Crippen LogP contribution is -2.48. The highest BCUT2D eigenvalue weighted by molar-refractivity contribution is 5.83. The fourth-order valence-electron chi connectivity index (χ4n) is 2.20. The zero-order valence-electron chi connectivity index (χ0n) is 10.2. The van der Waals surface area contributed by atoms with Gasteiger partial charge in [0, 0.05) is 18.7 Å². The molecule has 1 aromatic rings. The first-order valence-corrected chi connectivity index (χ1v) is 5.71. The van der Waals surface area contributed by atoms with Crippen LogP contribution in [0, 0.1) is 0 Å². The average molecular weight is 270 g/mol. The Bertz CT molecular complexity index is 606. The van der Waals surface area contributed by atoms with E-state index in [-0.39, 0.29) is 6.42 Å². The number of aromatic amines is 1. The van der Waals surface area contributed by atoms with Crippen molar-refractivity contribution in [3.8, 4) is 0 Å². The van der Waals surface area contributed by atoms with Gasteiger partial charge < -0.3 is 14.9 Å². The normalized spacial score (nSPS) is 30.5. The maximum atomic E-state index is 11.8. The van der Waals surface area contributed by atoms with Gasteiger partial charge >= 0.3 is 5.69 Å². The van der Waals surface area contributed by atoms with Crippen molar-refractivity contribution >= 4 is 5.78 Å². The highest BCUT2D eigenvalue weighted by Gasteiger charge is 2.51. The number of aliphatic hydroxyl groups is 2. The van der Waals surface area contributed by atoms with Crippen molar-refractivity contribution in [1.82, 2.24) is 9.55 Å². The monoisotopic (exact) mass is 270 g/mol. The molecule has 0 amide bonds. The zero-order valence-corrected chi connectivity index (χ0v) is 10.2. The van der Waals surface area contributed by atoms with Gasteiger partial charge in [0.2, 0.25) is 5.72 Å². The number of ketones is 1. The molecule has 2 heterocycles. The molecule has 2 rings (SSSR count). The van der Waals surface area contributed by atoms with E-state index in [1.807, 2.05) is 4.98 Å². The Morgan fingerprint density at radius 1 is 1.63 bits per heavy atom. The third-order valence-corrected chi connectivity index (χ3v) is 3.20. The number of Topliss-reactive ketones (excluding diaryl/α,β-unsaturated/α-hetero) is 1. The molecule has 0 bridgehead atoms. The van der Waals surface area contributed by atoms with Gasteiger partial charge in [-0.25, -0.2) is 4.79 Å². The lowest BCUT2D eigenvalue weighted by atomic mass is 10.0. The van der Waals surface area contributed by atoms with Gasteiger partial charge in [-0.2, -0.15) is 0 Å². The molecule has 0 aliphatic carbocycles. The first-order valence-electron chi connectivity index (χ1n) is 5.71. The third kappa shape index (κ3) is 2.14. The molecular formula is C11H14N2O6. The summed E-state index contributed by atoms with van der Waals surface area (Å²) in [6, 6.07) is 1.08. The van der Waals surface area contributed by atoms with Gasteiger partial charge in [0.15, 0.2) is 5.78 Å². The van der Waals surface area contributed by atoms with Gasteiger partial charge in [-0.1, -0.05) is 0 Å². The largest absolute Gasteiger partial charge is 0.394 e. The molecule has 1 aliphatic heterocycles. The van der Waals surface area contributed by atoms with Crippen LogP contribution >= 0.6 is 0 Å². The van der Waals surface area contributed by atoms with Gasteiger partial charge in [-0.3, -0.25) is 19.1 Å². The SMILES string of the molecule is CC(=O)[C@]1(n2ccc(=O)[nH]c2=O)C[C@H](O)[C@@H](CO)O1. The maximum Gasteiger partial charge on any atom is 0.331 e. The van der Waals surface area contributed by atoms with Crippen molar-refractivity contribution < 1.29 is 19.7 Å². The fraction of sp³-hybridized carbons (Fsp3) is 0.545. The first kappa shape index (κ1) is 13.7. The minimum atomic E-state index is -1.70. The number of nitrogens with one attached hydrogen (secondary N) is 1. The second-order valence-electron chi connectivity index (χ2n) is 4.43. The smallest absolute Gasteiger partial charge is 0.331 e. The lowest BCUT2D eigenvalue weighted by Gasteiger charge is -2.27. The molecular weight excluding hydrogens is 256 g/mol. The van der Waals surface area contributed by atoms with E-state index in [1.54, 1.807) is 0 Å². The molecule has 1 aliphatic rings. The summed E-state index contributed by atoms with van der Waals surface area (Å²) in [6.07, 6.45) is -1.07. The second-order valence-corrected chi connectivity index (χ2v) is 4.43. The maximum absolute atomic E-state index is 11.8. The van der Waals surface area contributed by atoms with Crippen LogP contribution in [0.2, 0.25) is 0 Å². The van der Waals surface area contributed by atoms with Crippen LogP contribution in [0.3, 0.4) is 0 Å². The molecule has 8 nitrogen and oxygen atoms in total. The molecule has 8 heteroatoms. The Kier molecular flexibility index (Phi) is 3.40. The van der Waals surface area contributed by atoms with Crippen molar-refractivity contribution in [1.29, 1.82) is 0 Å². The quantitative estimate of drug-likeness (QED) is 0.579. The molecule has 1 fully saturated rings. The Hall–Kier alpha value is -1.77. The zero-order chi connectivity index (χ0) is 14.2. The van der Waals surface area contributed by atoms with Crippen LogP contribution in [-0.2, 0) is 15.3 Å². The number of rotatable bonds is 3. The Morgan fingerprint density at radius 3 is 2.79 bits per heavy atom. The van der Waals surface area contributed by atoms with Crippen LogP contribution < -0.4 is 11.2 Å². The molecule has 1 saturated heterocycles. The molecule has 3 atom stereocenters. The molecule has 0 saturated carbocycles. The molecule has 1 aromatic heterocycles. The van der Waals surface area contributed by atoms with Gasteiger partial charge in [-0.15, -0.1) is 0 Å². The molecule has 0 spiro atoms. The van der Waals surface area contributed by atoms with E-state index in [1.165, 1.54) is 6.92 Å². The van der Waals surface area contributed by atoms with Crippen molar-refractivity contribution in [2.45, 2.75) is 31.3 Å². The van der Waals surface area contributed by atoms with Crippen molar-refractivity contribution in [3.63, 3.8) is 0 Å². The predicted octanol–water partition coefficient (Wildman–Crippen LogP) is -2.08. The number of hydrogen-bond acceptors (Lipinski definition) is 6. The number of aromatic nitrogens is 2. The molecule has 0 aromatic carbocycles. The lowest BCUT2D eigenvalue weighted by molar-refractivity contribution is -0.160. The minimum Gasteiger partial charge on any atom is -0.394 e. The van der Waals surface area contributed by atoms with Crippen molar-refractivity contribution in [2.24, 2.45) is 0 Å². The van der Waals surface area contributed by atoms with Crippen molar-refractivity contribution in [3.05, 3.63) is 33.1 Å². The van der Waals surface area contributed by atoms with E-state index >= 15 is 0 Å². The Balaban J connectivity index is 2.56. The van der Waals surface area contributed by atoms with E-state index in [0.717, 1.165) is 16.8 Å². The first-order chi connectivity index (χ1) is 8.90. The molecule has 0 radical (unpaired) electrons. The summed E-state index contributed by atoms with van der Waals surface area (Å²) >= 11 is 0. The number of aliphatic hydroxyl groups excluding tert-OH is 2. The minimum absolute atomic E-state index is 0.167. The summed E-state index contributed by atoms with van der Waals surface area (Å²) in [6.45, 7) is 0.734. The van der Waals surface area contributed by atoms with Crippen LogP contribution in [0.5, 0.6) is 0 Å². The Morgan fingerprint density at radius 2 is 2.32 bits per heavy atom. The van der Waals surface area contributed by atoms with Crippen LogP contribution in [-0.4, -0.2) is 44.4 Å². The standard InChI is InChI=1S/C11H14N2O6/c1-6(15)11(4-7(16)8(5-14)19-11)13-3-2-9(17)12-10(13)18/h2-3,7-8,14,16H,4-5H2,1H3,(H,12,17,18)/t7-,8+,11-/m0/s1. The molecule has 104 valence electrons. The van der Waals surface area contributed by atoms with E-state index in [4.69, 9.17) is 9.84 Å². The van der Waals surface area contributed by atoms with E-state index in [9.17, 15) is 19.5 Å². The van der Waals surface area contributed by atoms with Gasteiger partial charge in [0.25, 0.3) is 5.56 Å². The summed E-state index contributed by atoms with van der Waals surface area (Å²) in [5.74, 6) is -0.503. The number of carbonyl (C=O) groups excluding carboxylic acids is 1. The summed E-state index contributed by atoms with van der Waals surface area (Å²) < 4.78 is 6.30. The average Bonchev–Trinajstić information content (AvgIpc) is 2.67. The second kappa shape index (κ2) is 4.72. The van der Waals surface area contributed by atoms with Crippen molar-refractivity contribution in [2.75, 3.05) is 6.61 Å². The number of ether oxygens (including phenoxy) is 1. The van der Waals surface area contributed by atoms with Gasteiger partial charge in [-0.05, 0) is 6.92 Å². The van der Waals surface area contributed by atoms with Gasteiger partial charge in [0.05, 0.1) is 12.7 Å². The van der Waals surface area contributed by atoms with Crippen LogP contribution in [0.25, 0.3) is 0 Å². The highest BCUT2D eigenvalue weighted by Crippen LogP contribution is 2.34. The number of H-pyrrole nitrogens is 1. The summed E-state index contributed by atoms with van der Waals surface area (Å²) in [4.78, 5) is 36.7. The van der Waals surface area contributed by atoms with E-state index in [2.05, 4.69) is 0 Å².